The Morgan fingerprint density at radius 1 is 0.775 bits per heavy atom. The van der Waals surface area contributed by atoms with E-state index in [1.807, 2.05) is 50.2 Å². The highest BCUT2D eigenvalue weighted by molar-refractivity contribution is 8.93. The fourth-order valence-electron chi connectivity index (χ4n) is 6.68. The van der Waals surface area contributed by atoms with Crippen LogP contribution in [0.15, 0.2) is 61.4 Å². The van der Waals surface area contributed by atoms with Crippen LogP contribution < -0.4 is 0 Å². The van der Waals surface area contributed by atoms with E-state index in [0.29, 0.717) is 29.9 Å². The highest BCUT2D eigenvalue weighted by atomic mass is 79.9. The number of carbonyl (C=O) groups is 1. The number of halogens is 1. The van der Waals surface area contributed by atoms with Gasteiger partial charge in [-0.3, -0.25) is 19.1 Å². The molecule has 5 heterocycles. The molecule has 3 fully saturated rings. The molecule has 1 amide bonds. The highest BCUT2D eigenvalue weighted by Gasteiger charge is 2.45. The number of piperazine rings is 1. The minimum Gasteiger partial charge on any atom is -0.337 e. The molecular formula is C30H35BrN8O. The predicted octanol–water partition coefficient (Wildman–Crippen LogP) is 4.63. The first-order chi connectivity index (χ1) is 19.0. The van der Waals surface area contributed by atoms with Crippen LogP contribution in [-0.2, 0) is 11.8 Å². The quantitative estimate of drug-likeness (QED) is 0.331. The number of aromatic nitrogens is 6. The van der Waals surface area contributed by atoms with Crippen LogP contribution in [0.3, 0.4) is 0 Å². The van der Waals surface area contributed by atoms with Gasteiger partial charge in [-0.1, -0.05) is 18.2 Å². The van der Waals surface area contributed by atoms with Gasteiger partial charge in [0, 0.05) is 85.2 Å². The van der Waals surface area contributed by atoms with Gasteiger partial charge in [-0.05, 0) is 50.8 Å². The summed E-state index contributed by atoms with van der Waals surface area (Å²) in [6, 6.07) is 9.54. The monoisotopic (exact) mass is 602 g/mol. The smallest absolute Gasteiger partial charge is 0.226 e. The van der Waals surface area contributed by atoms with E-state index in [2.05, 4.69) is 60.0 Å². The maximum Gasteiger partial charge on any atom is 0.226 e. The Labute approximate surface area is 245 Å². The van der Waals surface area contributed by atoms with Crippen molar-refractivity contribution in [3.63, 3.8) is 0 Å². The first-order valence-corrected chi connectivity index (χ1v) is 14.0. The van der Waals surface area contributed by atoms with Gasteiger partial charge in [0.05, 0.1) is 18.4 Å². The third kappa shape index (κ3) is 4.99. The van der Waals surface area contributed by atoms with Crippen molar-refractivity contribution in [3.05, 3.63) is 61.4 Å². The molecule has 1 aliphatic carbocycles. The van der Waals surface area contributed by atoms with Crippen molar-refractivity contribution in [2.45, 2.75) is 50.2 Å². The highest BCUT2D eigenvalue weighted by Crippen LogP contribution is 2.37. The molecule has 0 radical (unpaired) electrons. The lowest BCUT2D eigenvalue weighted by molar-refractivity contribution is -0.139. The van der Waals surface area contributed by atoms with Crippen LogP contribution in [0, 0.1) is 5.92 Å². The Morgan fingerprint density at radius 2 is 1.50 bits per heavy atom. The Bertz CT molecular complexity index is 1490. The van der Waals surface area contributed by atoms with Crippen LogP contribution in [0.25, 0.3) is 33.6 Å². The summed E-state index contributed by atoms with van der Waals surface area (Å²) in [6.45, 7) is 1.95. The lowest BCUT2D eigenvalue weighted by Gasteiger charge is -2.36. The lowest BCUT2D eigenvalue weighted by atomic mass is 9.85. The van der Waals surface area contributed by atoms with Crippen molar-refractivity contribution in [1.29, 1.82) is 0 Å². The van der Waals surface area contributed by atoms with Crippen molar-refractivity contribution < 1.29 is 4.79 Å². The van der Waals surface area contributed by atoms with Gasteiger partial charge >= 0.3 is 0 Å². The number of benzene rings is 1. The zero-order chi connectivity index (χ0) is 26.5. The Hall–Kier alpha value is -3.37. The fourth-order valence-corrected chi connectivity index (χ4v) is 6.68. The van der Waals surface area contributed by atoms with Crippen LogP contribution in [0.5, 0.6) is 0 Å². The summed E-state index contributed by atoms with van der Waals surface area (Å²) >= 11 is 0. The SMILES string of the molecule is Br.CN1C[C@H]2C[C@H]1CN2C(=O)C1CCC(n2cc(-c3cnc(-c4cccc(-c5cnn(C)c5)c4)nc3)cn2)CC1. The summed E-state index contributed by atoms with van der Waals surface area (Å²) in [6.07, 6.45) is 16.6. The van der Waals surface area contributed by atoms with E-state index in [0.717, 1.165) is 73.0 Å². The second-order valence-corrected chi connectivity index (χ2v) is 11.5. The first kappa shape index (κ1) is 26.8. The molecule has 208 valence electrons. The number of hydrogen-bond acceptors (Lipinski definition) is 6. The summed E-state index contributed by atoms with van der Waals surface area (Å²) in [5.41, 5.74) is 5.09. The summed E-state index contributed by atoms with van der Waals surface area (Å²) in [7, 11) is 4.10. The van der Waals surface area contributed by atoms with Crippen LogP contribution in [-0.4, -0.2) is 77.5 Å². The molecule has 3 aliphatic rings. The second kappa shape index (κ2) is 10.9. The van der Waals surface area contributed by atoms with E-state index in [-0.39, 0.29) is 22.9 Å². The summed E-state index contributed by atoms with van der Waals surface area (Å²) in [4.78, 5) is 27.1. The van der Waals surface area contributed by atoms with E-state index in [4.69, 9.17) is 0 Å². The molecule has 3 aromatic heterocycles. The third-order valence-electron chi connectivity index (χ3n) is 8.96. The molecule has 2 aliphatic heterocycles. The van der Waals surface area contributed by atoms with Crippen molar-refractivity contribution >= 4 is 22.9 Å². The van der Waals surface area contributed by atoms with Gasteiger partial charge in [-0.2, -0.15) is 10.2 Å². The van der Waals surface area contributed by atoms with Gasteiger partial charge in [0.1, 0.15) is 0 Å². The molecule has 0 spiro atoms. The number of hydrogen-bond donors (Lipinski definition) is 0. The van der Waals surface area contributed by atoms with Gasteiger partial charge in [0.15, 0.2) is 5.82 Å². The molecule has 4 aromatic rings. The molecule has 1 aromatic carbocycles. The average molecular weight is 604 g/mol. The minimum atomic E-state index is 0. The Morgan fingerprint density at radius 3 is 2.17 bits per heavy atom. The molecular weight excluding hydrogens is 568 g/mol. The van der Waals surface area contributed by atoms with Gasteiger partial charge in [-0.25, -0.2) is 9.97 Å². The molecule has 7 rings (SSSR count). The van der Waals surface area contributed by atoms with Gasteiger partial charge in [0.2, 0.25) is 5.91 Å². The summed E-state index contributed by atoms with van der Waals surface area (Å²) in [5.74, 6) is 1.25. The molecule has 2 bridgehead atoms. The van der Waals surface area contributed by atoms with Crippen molar-refractivity contribution in [2.75, 3.05) is 20.1 Å². The van der Waals surface area contributed by atoms with E-state index < -0.39 is 0 Å². The molecule has 40 heavy (non-hydrogen) atoms. The van der Waals surface area contributed by atoms with Gasteiger partial charge < -0.3 is 4.90 Å². The molecule has 1 saturated carbocycles. The zero-order valence-corrected chi connectivity index (χ0v) is 24.6. The number of carbonyl (C=O) groups excluding carboxylic acids is 1. The van der Waals surface area contributed by atoms with E-state index in [9.17, 15) is 4.79 Å². The van der Waals surface area contributed by atoms with Crippen LogP contribution in [0.4, 0.5) is 0 Å². The average Bonchev–Trinajstić information content (AvgIpc) is 3.78. The summed E-state index contributed by atoms with van der Waals surface area (Å²) in [5, 5.41) is 8.96. The standard InChI is InChI=1S/C30H34N8O.BrH/c1-35-18-28-11-27(35)19-37(28)30(39)20-6-8-26(9-7-20)38-17-25(15-34-38)23-12-31-29(32-13-23)22-5-3-4-21(10-22)24-14-33-36(2)16-24;/h3-5,10,12-17,20,26-28H,6-9,11,18-19H2,1-2H3;1H/t20?,26?,27-,28+;/m0./s1. The first-order valence-electron chi connectivity index (χ1n) is 14.0. The molecule has 2 atom stereocenters. The molecule has 0 unspecified atom stereocenters. The normalized spacial score (nSPS) is 24.3. The molecule has 2 saturated heterocycles. The number of rotatable bonds is 5. The molecule has 10 heteroatoms. The Kier molecular flexibility index (Phi) is 7.31. The second-order valence-electron chi connectivity index (χ2n) is 11.5. The van der Waals surface area contributed by atoms with E-state index >= 15 is 0 Å². The number of nitrogens with zero attached hydrogens (tertiary/aromatic N) is 8. The maximum atomic E-state index is 13.2. The predicted molar refractivity (Wildman–Crippen MR) is 159 cm³/mol. The number of amides is 1. The molecule has 9 nitrogen and oxygen atoms in total. The van der Waals surface area contributed by atoms with E-state index in [1.165, 1.54) is 0 Å². The van der Waals surface area contributed by atoms with Gasteiger partial charge in [-0.15, -0.1) is 17.0 Å². The molecule has 0 N–H and O–H groups in total. The fraction of sp³-hybridized carbons (Fsp3) is 0.433. The summed E-state index contributed by atoms with van der Waals surface area (Å²) < 4.78 is 3.88. The topological polar surface area (TPSA) is 85.0 Å². The van der Waals surface area contributed by atoms with Crippen LogP contribution >= 0.6 is 17.0 Å². The number of fused-ring (bicyclic) bond motifs is 2. The maximum absolute atomic E-state index is 13.2. The van der Waals surface area contributed by atoms with Crippen molar-refractivity contribution in [2.24, 2.45) is 13.0 Å². The number of aryl methyl sites for hydroxylation is 1. The zero-order valence-electron chi connectivity index (χ0n) is 22.9. The minimum absolute atomic E-state index is 0. The number of likely N-dealkylation sites (tertiary alicyclic amines) is 2. The van der Waals surface area contributed by atoms with Crippen LogP contribution in [0.1, 0.15) is 38.1 Å². The van der Waals surface area contributed by atoms with Crippen molar-refractivity contribution in [3.8, 4) is 33.6 Å². The van der Waals surface area contributed by atoms with Crippen LogP contribution in [0.2, 0.25) is 0 Å². The van der Waals surface area contributed by atoms with Crippen molar-refractivity contribution in [1.82, 2.24) is 39.3 Å². The van der Waals surface area contributed by atoms with Gasteiger partial charge in [0.25, 0.3) is 0 Å². The number of likely N-dealkylation sites (N-methyl/N-ethyl adjacent to an activating group) is 1. The third-order valence-corrected chi connectivity index (χ3v) is 8.96. The largest absolute Gasteiger partial charge is 0.337 e. The lowest BCUT2D eigenvalue weighted by Crippen LogP contribution is -2.49. The Balaban J connectivity index is 0.00000289. The van der Waals surface area contributed by atoms with E-state index in [1.54, 1.807) is 4.68 Å².